The Morgan fingerprint density at radius 1 is 0.647 bits per heavy atom. The first kappa shape index (κ1) is 24.8. The van der Waals surface area contributed by atoms with Crippen LogP contribution < -0.4 is 20.1 Å². The molecular weight excluding hydrogens is 428 g/mol. The Kier molecular flexibility index (Phi) is 8.68. The minimum Gasteiger partial charge on any atom is -0.480 e. The number of nitrogens with one attached hydrogen (secondary N) is 2. The number of hydrogen-bond acceptors (Lipinski definition) is 4. The molecule has 0 fully saturated rings. The van der Waals surface area contributed by atoms with Crippen molar-refractivity contribution in [1.82, 2.24) is 0 Å². The standard InChI is InChI=1S/C28H32N2O4/c1-5-23(33-25-13-9-7-11-19(25)3)27(31)29-21-15-17-22(18-16-21)30-28(32)24(6-2)34-26-14-10-8-12-20(26)4/h7-18,23-24H,5-6H2,1-4H3,(H,29,31)(H,30,32). The molecule has 6 heteroatoms. The Morgan fingerprint density at radius 2 is 1.00 bits per heavy atom. The van der Waals surface area contributed by atoms with Gasteiger partial charge in [0.05, 0.1) is 0 Å². The highest BCUT2D eigenvalue weighted by molar-refractivity contribution is 5.96. The lowest BCUT2D eigenvalue weighted by Gasteiger charge is -2.19. The van der Waals surface area contributed by atoms with Crippen LogP contribution >= 0.6 is 0 Å². The van der Waals surface area contributed by atoms with Crippen LogP contribution in [0.1, 0.15) is 37.8 Å². The monoisotopic (exact) mass is 460 g/mol. The van der Waals surface area contributed by atoms with Crippen LogP contribution in [0.25, 0.3) is 0 Å². The molecule has 0 aliphatic carbocycles. The van der Waals surface area contributed by atoms with Crippen molar-refractivity contribution >= 4 is 23.2 Å². The van der Waals surface area contributed by atoms with E-state index >= 15 is 0 Å². The fraction of sp³-hybridized carbons (Fsp3) is 0.286. The molecule has 3 aromatic rings. The lowest BCUT2D eigenvalue weighted by Crippen LogP contribution is -2.33. The maximum absolute atomic E-state index is 12.7. The number of amides is 2. The summed E-state index contributed by atoms with van der Waals surface area (Å²) in [5.41, 5.74) is 3.20. The third kappa shape index (κ3) is 6.61. The Balaban J connectivity index is 1.58. The van der Waals surface area contributed by atoms with Crippen LogP contribution in [0.15, 0.2) is 72.8 Å². The molecule has 6 nitrogen and oxygen atoms in total. The molecule has 2 atom stereocenters. The van der Waals surface area contributed by atoms with E-state index in [-0.39, 0.29) is 11.8 Å². The number of carbonyl (C=O) groups is 2. The van der Waals surface area contributed by atoms with Crippen LogP contribution in [0.4, 0.5) is 11.4 Å². The van der Waals surface area contributed by atoms with Crippen molar-refractivity contribution in [2.75, 3.05) is 10.6 Å². The van der Waals surface area contributed by atoms with Crippen LogP contribution in [0.3, 0.4) is 0 Å². The fourth-order valence-corrected chi connectivity index (χ4v) is 3.41. The molecule has 0 bridgehead atoms. The zero-order valence-electron chi connectivity index (χ0n) is 20.1. The Hall–Kier alpha value is -3.80. The van der Waals surface area contributed by atoms with Gasteiger partial charge in [0.2, 0.25) is 0 Å². The van der Waals surface area contributed by atoms with E-state index in [2.05, 4.69) is 10.6 Å². The van der Waals surface area contributed by atoms with Crippen molar-refractivity contribution in [3.8, 4) is 11.5 Å². The molecule has 3 rings (SSSR count). The molecule has 2 N–H and O–H groups in total. The van der Waals surface area contributed by atoms with Gasteiger partial charge in [-0.1, -0.05) is 50.2 Å². The summed E-state index contributed by atoms with van der Waals surface area (Å²) in [4.78, 5) is 25.5. The number of anilines is 2. The van der Waals surface area contributed by atoms with Crippen molar-refractivity contribution in [2.45, 2.75) is 52.7 Å². The minimum atomic E-state index is -0.607. The zero-order valence-corrected chi connectivity index (χ0v) is 20.1. The highest BCUT2D eigenvalue weighted by Crippen LogP contribution is 2.22. The maximum atomic E-state index is 12.7. The van der Waals surface area contributed by atoms with Crippen molar-refractivity contribution < 1.29 is 19.1 Å². The second kappa shape index (κ2) is 11.9. The van der Waals surface area contributed by atoms with Gasteiger partial charge in [-0.25, -0.2) is 0 Å². The Labute approximate surface area is 201 Å². The third-order valence-corrected chi connectivity index (χ3v) is 5.47. The van der Waals surface area contributed by atoms with E-state index in [1.165, 1.54) is 0 Å². The lowest BCUT2D eigenvalue weighted by molar-refractivity contribution is -0.123. The minimum absolute atomic E-state index is 0.222. The summed E-state index contributed by atoms with van der Waals surface area (Å²) in [5, 5.41) is 5.77. The number of aryl methyl sites for hydroxylation is 2. The van der Waals surface area contributed by atoms with E-state index in [4.69, 9.17) is 9.47 Å². The number of hydrogen-bond donors (Lipinski definition) is 2. The quantitative estimate of drug-likeness (QED) is 0.395. The van der Waals surface area contributed by atoms with Gasteiger partial charge < -0.3 is 20.1 Å². The molecule has 3 aromatic carbocycles. The van der Waals surface area contributed by atoms with Crippen molar-refractivity contribution in [2.24, 2.45) is 0 Å². The highest BCUT2D eigenvalue weighted by atomic mass is 16.5. The molecule has 0 saturated heterocycles. The van der Waals surface area contributed by atoms with Gasteiger partial charge in [0.15, 0.2) is 12.2 Å². The van der Waals surface area contributed by atoms with Gasteiger partial charge >= 0.3 is 0 Å². The summed E-state index contributed by atoms with van der Waals surface area (Å²) < 4.78 is 11.8. The number of rotatable bonds is 10. The molecule has 0 aliphatic heterocycles. The first-order valence-electron chi connectivity index (χ1n) is 11.6. The average Bonchev–Trinajstić information content (AvgIpc) is 2.84. The van der Waals surface area contributed by atoms with E-state index in [1.807, 2.05) is 76.2 Å². The second-order valence-electron chi connectivity index (χ2n) is 8.12. The summed E-state index contributed by atoms with van der Waals surface area (Å²) in [6.07, 6.45) is -0.143. The Morgan fingerprint density at radius 3 is 1.32 bits per heavy atom. The predicted octanol–water partition coefficient (Wildman–Crippen LogP) is 5.90. The molecule has 0 radical (unpaired) electrons. The zero-order chi connectivity index (χ0) is 24.5. The van der Waals surface area contributed by atoms with E-state index in [1.54, 1.807) is 24.3 Å². The van der Waals surface area contributed by atoms with Crippen LogP contribution in [0.5, 0.6) is 11.5 Å². The summed E-state index contributed by atoms with van der Waals surface area (Å²) in [6.45, 7) is 7.71. The number of para-hydroxylation sites is 2. The first-order chi connectivity index (χ1) is 16.4. The number of ether oxygens (including phenoxy) is 2. The van der Waals surface area contributed by atoms with Gasteiger partial charge in [0, 0.05) is 11.4 Å². The predicted molar refractivity (Wildman–Crippen MR) is 135 cm³/mol. The maximum Gasteiger partial charge on any atom is 0.265 e. The highest BCUT2D eigenvalue weighted by Gasteiger charge is 2.21. The molecule has 34 heavy (non-hydrogen) atoms. The molecule has 2 unspecified atom stereocenters. The van der Waals surface area contributed by atoms with Crippen molar-refractivity contribution in [3.63, 3.8) is 0 Å². The lowest BCUT2D eigenvalue weighted by atomic mass is 10.2. The largest absolute Gasteiger partial charge is 0.480 e. The molecule has 0 heterocycles. The van der Waals surface area contributed by atoms with Gasteiger partial charge in [-0.3, -0.25) is 9.59 Å². The van der Waals surface area contributed by atoms with E-state index in [9.17, 15) is 9.59 Å². The van der Waals surface area contributed by atoms with Crippen LogP contribution in [-0.2, 0) is 9.59 Å². The summed E-state index contributed by atoms with van der Waals surface area (Å²) >= 11 is 0. The first-order valence-corrected chi connectivity index (χ1v) is 11.6. The van der Waals surface area contributed by atoms with Gasteiger partial charge in [0.1, 0.15) is 11.5 Å². The molecule has 2 amide bonds. The Bertz CT molecular complexity index is 1020. The van der Waals surface area contributed by atoms with Gasteiger partial charge in [-0.2, -0.15) is 0 Å². The SMILES string of the molecule is CCC(Oc1ccccc1C)C(=O)Nc1ccc(NC(=O)C(CC)Oc2ccccc2C)cc1. The molecular formula is C28H32N2O4. The van der Waals surface area contributed by atoms with Crippen LogP contribution in [0.2, 0.25) is 0 Å². The fourth-order valence-electron chi connectivity index (χ4n) is 3.41. The van der Waals surface area contributed by atoms with Gasteiger partial charge in [-0.15, -0.1) is 0 Å². The average molecular weight is 461 g/mol. The van der Waals surface area contributed by atoms with Gasteiger partial charge in [-0.05, 0) is 74.2 Å². The second-order valence-corrected chi connectivity index (χ2v) is 8.12. The third-order valence-electron chi connectivity index (χ3n) is 5.47. The number of carbonyl (C=O) groups excluding carboxylic acids is 2. The molecule has 0 saturated carbocycles. The van der Waals surface area contributed by atoms with E-state index < -0.39 is 12.2 Å². The topological polar surface area (TPSA) is 76.7 Å². The molecule has 0 aromatic heterocycles. The number of benzene rings is 3. The van der Waals surface area contributed by atoms with Gasteiger partial charge in [0.25, 0.3) is 11.8 Å². The normalized spacial score (nSPS) is 12.4. The summed E-state index contributed by atoms with van der Waals surface area (Å²) in [7, 11) is 0. The summed E-state index contributed by atoms with van der Waals surface area (Å²) in [6, 6.07) is 22.2. The summed E-state index contributed by atoms with van der Waals surface area (Å²) in [5.74, 6) is 0.947. The van der Waals surface area contributed by atoms with Crippen molar-refractivity contribution in [3.05, 3.63) is 83.9 Å². The smallest absolute Gasteiger partial charge is 0.265 e. The molecule has 0 spiro atoms. The van der Waals surface area contributed by atoms with Crippen molar-refractivity contribution in [1.29, 1.82) is 0 Å². The van der Waals surface area contributed by atoms with Crippen LogP contribution in [0, 0.1) is 13.8 Å². The van der Waals surface area contributed by atoms with Crippen LogP contribution in [-0.4, -0.2) is 24.0 Å². The van der Waals surface area contributed by atoms with E-state index in [0.29, 0.717) is 35.7 Å². The molecule has 0 aliphatic rings. The molecule has 178 valence electrons. The van der Waals surface area contributed by atoms with E-state index in [0.717, 1.165) is 11.1 Å².